The third-order valence-electron chi connectivity index (χ3n) is 5.76. The largest absolute Gasteiger partial charge is 0.481 e. The fourth-order valence-electron chi connectivity index (χ4n) is 3.97. The molecule has 1 amide bonds. The number of rotatable bonds is 7. The van der Waals surface area contributed by atoms with Crippen molar-refractivity contribution in [1.82, 2.24) is 19.3 Å². The van der Waals surface area contributed by atoms with E-state index in [0.29, 0.717) is 30.2 Å². The highest BCUT2D eigenvalue weighted by Gasteiger charge is 2.27. The molecule has 0 radical (unpaired) electrons. The van der Waals surface area contributed by atoms with Crippen molar-refractivity contribution >= 4 is 56.9 Å². The monoisotopic (exact) mass is 620 g/mol. The minimum absolute atomic E-state index is 0.0550. The maximum absolute atomic E-state index is 14.7. The number of carbonyl (C=O) groups is 1. The summed E-state index contributed by atoms with van der Waals surface area (Å²) in [6, 6.07) is 7.12. The Labute approximate surface area is 223 Å². The number of pyridine rings is 2. The molecule has 0 fully saturated rings. The Morgan fingerprint density at radius 2 is 2.11 bits per heavy atom. The Bertz CT molecular complexity index is 1520. The number of nitrogens with one attached hydrogen (secondary N) is 1. The molecule has 186 valence electrons. The number of hydrogen-bond acceptors (Lipinski definition) is 7. The molecule has 1 aliphatic heterocycles. The Hall–Kier alpha value is -2.97. The molecule has 3 aromatic heterocycles. The first-order valence-electron chi connectivity index (χ1n) is 11.0. The van der Waals surface area contributed by atoms with E-state index < -0.39 is 5.82 Å². The van der Waals surface area contributed by atoms with Crippen LogP contribution in [-0.4, -0.2) is 52.1 Å². The average Bonchev–Trinajstić information content (AvgIpc) is 3.30. The molecule has 9 nitrogen and oxygen atoms in total. The van der Waals surface area contributed by atoms with Gasteiger partial charge in [-0.3, -0.25) is 19.9 Å². The van der Waals surface area contributed by atoms with Gasteiger partial charge in [-0.25, -0.2) is 4.39 Å². The molecule has 1 aliphatic rings. The summed E-state index contributed by atoms with van der Waals surface area (Å²) in [4.78, 5) is 19.5. The van der Waals surface area contributed by atoms with Gasteiger partial charge in [-0.1, -0.05) is 11.8 Å². The number of aromatic nitrogens is 4. The number of alkyl halides is 1. The van der Waals surface area contributed by atoms with E-state index in [9.17, 15) is 9.18 Å². The Morgan fingerprint density at radius 3 is 2.86 bits per heavy atom. The third kappa shape index (κ3) is 4.72. The van der Waals surface area contributed by atoms with Crippen LogP contribution < -0.4 is 15.1 Å². The molecule has 4 heterocycles. The summed E-state index contributed by atoms with van der Waals surface area (Å²) in [6.07, 6.45) is 6.88. The number of aryl methyl sites for hydroxylation is 1. The van der Waals surface area contributed by atoms with Crippen LogP contribution in [0.25, 0.3) is 22.0 Å². The number of halogens is 2. The van der Waals surface area contributed by atoms with E-state index in [1.807, 2.05) is 18.2 Å². The number of carbonyl (C=O) groups excluding carboxylic acids is 1. The van der Waals surface area contributed by atoms with Crippen LogP contribution in [0.3, 0.4) is 0 Å². The molecule has 0 bridgehead atoms. The smallest absolute Gasteiger partial charge is 0.265 e. The zero-order valence-corrected chi connectivity index (χ0v) is 22.4. The summed E-state index contributed by atoms with van der Waals surface area (Å²) < 4.78 is 28.6. The number of fused-ring (bicyclic) bond motifs is 3. The van der Waals surface area contributed by atoms with Gasteiger partial charge in [0.25, 0.3) is 5.91 Å². The Morgan fingerprint density at radius 1 is 1.28 bits per heavy atom. The van der Waals surface area contributed by atoms with Crippen molar-refractivity contribution < 1.29 is 18.7 Å². The first-order valence-corrected chi connectivity index (χ1v) is 13.1. The number of methoxy groups -OCH3 is 1. The molecule has 1 aromatic carbocycles. The predicted molar refractivity (Wildman–Crippen MR) is 143 cm³/mol. The van der Waals surface area contributed by atoms with Crippen molar-refractivity contribution in [1.29, 1.82) is 5.41 Å². The number of amides is 1. The van der Waals surface area contributed by atoms with E-state index in [1.54, 1.807) is 53.1 Å². The van der Waals surface area contributed by atoms with Crippen LogP contribution in [-0.2, 0) is 16.6 Å². The zero-order chi connectivity index (χ0) is 25.4. The second-order valence-corrected chi connectivity index (χ2v) is 11.3. The van der Waals surface area contributed by atoms with Crippen LogP contribution in [0.5, 0.6) is 5.75 Å². The SMILES string of the molecule is COCCN1C(=O)COc2c1cnc1ccc(SC(I)n3cc(-c4cnn(C)c4)cc(F)c3=N)cc21. The van der Waals surface area contributed by atoms with Gasteiger partial charge in [0, 0.05) is 54.5 Å². The Balaban J connectivity index is 1.48. The van der Waals surface area contributed by atoms with Crippen molar-refractivity contribution in [2.45, 2.75) is 8.28 Å². The van der Waals surface area contributed by atoms with Gasteiger partial charge in [0.15, 0.2) is 23.7 Å². The molecule has 0 spiro atoms. The molecule has 1 unspecified atom stereocenters. The molecule has 0 saturated carbocycles. The maximum Gasteiger partial charge on any atom is 0.265 e. The number of anilines is 1. The van der Waals surface area contributed by atoms with Crippen LogP contribution in [0.15, 0.2) is 53.9 Å². The topological polar surface area (TPSA) is 98.3 Å². The lowest BCUT2D eigenvalue weighted by Gasteiger charge is -2.29. The highest BCUT2D eigenvalue weighted by Crippen LogP contribution is 2.42. The molecule has 5 rings (SSSR count). The third-order valence-corrected chi connectivity index (χ3v) is 8.07. The zero-order valence-electron chi connectivity index (χ0n) is 19.4. The molecule has 0 aliphatic carbocycles. The molecule has 12 heteroatoms. The first kappa shape index (κ1) is 24.7. The molecule has 4 aromatic rings. The summed E-state index contributed by atoms with van der Waals surface area (Å²) in [5.41, 5.74) is 2.56. The Kier molecular flexibility index (Phi) is 6.99. The van der Waals surface area contributed by atoms with Gasteiger partial charge in [-0.2, -0.15) is 5.10 Å². The van der Waals surface area contributed by atoms with Crippen molar-refractivity contribution in [3.05, 3.63) is 60.4 Å². The number of ether oxygens (including phenoxy) is 2. The van der Waals surface area contributed by atoms with Crippen molar-refractivity contribution in [3.8, 4) is 16.9 Å². The van der Waals surface area contributed by atoms with Gasteiger partial charge in [0.05, 0.1) is 24.5 Å². The van der Waals surface area contributed by atoms with Crippen LogP contribution >= 0.6 is 34.4 Å². The summed E-state index contributed by atoms with van der Waals surface area (Å²) in [6.45, 7) is 0.752. The van der Waals surface area contributed by atoms with E-state index in [0.717, 1.165) is 21.4 Å². The maximum atomic E-state index is 14.7. The number of thioether (sulfide) groups is 1. The van der Waals surface area contributed by atoms with Gasteiger partial charge in [-0.15, -0.1) is 0 Å². The van der Waals surface area contributed by atoms with Crippen LogP contribution in [0.2, 0.25) is 0 Å². The normalized spacial score (nSPS) is 14.1. The predicted octanol–water partition coefficient (Wildman–Crippen LogP) is 4.11. The van der Waals surface area contributed by atoms with Crippen molar-refractivity contribution in [2.75, 3.05) is 31.8 Å². The second kappa shape index (κ2) is 10.2. The number of nitrogens with zero attached hydrogens (tertiary/aromatic N) is 5. The molecular weight excluding hydrogens is 598 g/mol. The van der Waals surface area contributed by atoms with Crippen LogP contribution in [0, 0.1) is 11.2 Å². The molecule has 1 atom stereocenters. The van der Waals surface area contributed by atoms with Crippen LogP contribution in [0.1, 0.15) is 3.38 Å². The minimum atomic E-state index is -0.607. The molecule has 36 heavy (non-hydrogen) atoms. The standard InChI is InChI=1S/C24H22FIN6O3S/c1-30-11-15(9-29-30)14-7-18(25)23(27)32(12-14)24(26)36-16-3-4-19-17(8-16)22-20(10-28-19)31(5-6-34-2)21(33)13-35-22/h3-4,7-12,24,27H,5-6,13H2,1-2H3. The van der Waals surface area contributed by atoms with Gasteiger partial charge < -0.3 is 18.9 Å². The number of hydrogen-bond donors (Lipinski definition) is 1. The second-order valence-electron chi connectivity index (χ2n) is 8.12. The van der Waals surface area contributed by atoms with E-state index >= 15 is 0 Å². The van der Waals surface area contributed by atoms with E-state index in [2.05, 4.69) is 32.7 Å². The lowest BCUT2D eigenvalue weighted by Crippen LogP contribution is -2.40. The minimum Gasteiger partial charge on any atom is -0.481 e. The quantitative estimate of drug-likeness (QED) is 0.190. The van der Waals surface area contributed by atoms with Gasteiger partial charge in [-0.05, 0) is 46.9 Å². The van der Waals surface area contributed by atoms with E-state index in [1.165, 1.54) is 17.8 Å². The fourth-order valence-corrected chi connectivity index (χ4v) is 6.12. The fraction of sp³-hybridized carbons (Fsp3) is 0.250. The highest BCUT2D eigenvalue weighted by atomic mass is 127. The summed E-state index contributed by atoms with van der Waals surface area (Å²) >= 11 is 3.65. The van der Waals surface area contributed by atoms with Gasteiger partial charge in [0.2, 0.25) is 0 Å². The highest BCUT2D eigenvalue weighted by molar-refractivity contribution is 14.1. The molecule has 1 N–H and O–H groups in total. The summed E-state index contributed by atoms with van der Waals surface area (Å²) in [7, 11) is 3.39. The lowest BCUT2D eigenvalue weighted by molar-refractivity contribution is -0.121. The van der Waals surface area contributed by atoms with Crippen molar-refractivity contribution in [3.63, 3.8) is 0 Å². The summed E-state index contributed by atoms with van der Waals surface area (Å²) in [5, 5.41) is 13.2. The molecular formula is C24H22FIN6O3S. The van der Waals surface area contributed by atoms with Crippen LogP contribution in [0.4, 0.5) is 10.1 Å². The average molecular weight is 620 g/mol. The summed E-state index contributed by atoms with van der Waals surface area (Å²) in [5.74, 6) is -0.153. The van der Waals surface area contributed by atoms with E-state index in [4.69, 9.17) is 14.9 Å². The van der Waals surface area contributed by atoms with Gasteiger partial charge in [0.1, 0.15) is 9.07 Å². The van der Waals surface area contributed by atoms with Gasteiger partial charge >= 0.3 is 0 Å². The molecule has 0 saturated heterocycles. The first-order chi connectivity index (χ1) is 17.4. The number of benzene rings is 1. The lowest BCUT2D eigenvalue weighted by atomic mass is 10.1. The van der Waals surface area contributed by atoms with E-state index in [-0.39, 0.29) is 21.4 Å². The van der Waals surface area contributed by atoms with Crippen molar-refractivity contribution in [2.24, 2.45) is 7.05 Å².